The molecule has 3 rings (SSSR count). The third kappa shape index (κ3) is 4.07. The Labute approximate surface area is 149 Å². The molecule has 0 atom stereocenters. The summed E-state index contributed by atoms with van der Waals surface area (Å²) in [6.45, 7) is -0.145. The van der Waals surface area contributed by atoms with Crippen molar-refractivity contribution < 1.29 is 19.0 Å². The van der Waals surface area contributed by atoms with Crippen molar-refractivity contribution in [3.05, 3.63) is 48.8 Å². The van der Waals surface area contributed by atoms with Crippen LogP contribution in [0.4, 0.5) is 5.69 Å². The van der Waals surface area contributed by atoms with Crippen LogP contribution in [0, 0.1) is 0 Å². The number of nitrogens with one attached hydrogen (secondary N) is 1. The molecule has 0 unspecified atom stereocenters. The molecule has 0 aliphatic heterocycles. The van der Waals surface area contributed by atoms with Crippen molar-refractivity contribution in [3.8, 4) is 22.9 Å². The van der Waals surface area contributed by atoms with Gasteiger partial charge in [0.15, 0.2) is 18.1 Å². The van der Waals surface area contributed by atoms with E-state index in [4.69, 9.17) is 14.2 Å². The lowest BCUT2D eigenvalue weighted by Gasteiger charge is -2.11. The number of anilines is 1. The lowest BCUT2D eigenvalue weighted by atomic mass is 10.2. The molecule has 9 nitrogen and oxygen atoms in total. The molecule has 0 aliphatic carbocycles. The third-order valence-electron chi connectivity index (χ3n) is 3.47. The van der Waals surface area contributed by atoms with Crippen molar-refractivity contribution in [2.45, 2.75) is 0 Å². The molecule has 0 radical (unpaired) electrons. The molecule has 0 spiro atoms. The fourth-order valence-electron chi connectivity index (χ4n) is 2.26. The molecule has 1 amide bonds. The molecule has 0 saturated heterocycles. The van der Waals surface area contributed by atoms with Crippen LogP contribution in [0.5, 0.6) is 17.2 Å². The van der Waals surface area contributed by atoms with Gasteiger partial charge in [0.1, 0.15) is 12.1 Å². The number of benzene rings is 2. The van der Waals surface area contributed by atoms with Gasteiger partial charge >= 0.3 is 0 Å². The van der Waals surface area contributed by atoms with Crippen LogP contribution in [-0.2, 0) is 4.79 Å². The van der Waals surface area contributed by atoms with Crippen LogP contribution in [0.3, 0.4) is 0 Å². The summed E-state index contributed by atoms with van der Waals surface area (Å²) in [5.41, 5.74) is 1.31. The van der Waals surface area contributed by atoms with Gasteiger partial charge in [-0.25, -0.2) is 4.68 Å². The molecule has 134 valence electrons. The second-order valence-electron chi connectivity index (χ2n) is 5.16. The SMILES string of the molecule is COc1ccc(NC(=O)COc2cccc(-n3cnnn3)c2)cc1OC. The topological polar surface area (TPSA) is 100 Å². The number of rotatable bonds is 7. The quantitative estimate of drug-likeness (QED) is 0.688. The van der Waals surface area contributed by atoms with E-state index in [-0.39, 0.29) is 12.5 Å². The van der Waals surface area contributed by atoms with Crippen molar-refractivity contribution in [1.29, 1.82) is 0 Å². The van der Waals surface area contributed by atoms with Crippen molar-refractivity contribution in [2.24, 2.45) is 0 Å². The average molecular weight is 355 g/mol. The lowest BCUT2D eigenvalue weighted by molar-refractivity contribution is -0.118. The Kier molecular flexibility index (Phi) is 5.28. The highest BCUT2D eigenvalue weighted by atomic mass is 16.5. The van der Waals surface area contributed by atoms with Gasteiger partial charge in [-0.1, -0.05) is 6.07 Å². The Hall–Kier alpha value is -3.62. The summed E-state index contributed by atoms with van der Waals surface area (Å²) in [5.74, 6) is 1.34. The first-order valence-electron chi connectivity index (χ1n) is 7.67. The zero-order valence-corrected chi connectivity index (χ0v) is 14.2. The summed E-state index contributed by atoms with van der Waals surface area (Å²) in [6, 6.07) is 12.2. The minimum absolute atomic E-state index is 0.145. The van der Waals surface area contributed by atoms with Gasteiger partial charge in [-0.2, -0.15) is 0 Å². The summed E-state index contributed by atoms with van der Waals surface area (Å²) in [5, 5.41) is 13.7. The third-order valence-corrected chi connectivity index (χ3v) is 3.47. The molecule has 1 heterocycles. The predicted octanol–water partition coefficient (Wildman–Crippen LogP) is 1.70. The van der Waals surface area contributed by atoms with Crippen LogP contribution in [-0.4, -0.2) is 46.9 Å². The lowest BCUT2D eigenvalue weighted by Crippen LogP contribution is -2.20. The number of aromatic nitrogens is 4. The Bertz CT molecular complexity index is 883. The fraction of sp³-hybridized carbons (Fsp3) is 0.176. The van der Waals surface area contributed by atoms with Gasteiger partial charge in [0.25, 0.3) is 5.91 Å². The van der Waals surface area contributed by atoms with E-state index in [1.165, 1.54) is 18.1 Å². The van der Waals surface area contributed by atoms with E-state index < -0.39 is 0 Å². The summed E-state index contributed by atoms with van der Waals surface area (Å²) in [6.07, 6.45) is 1.48. The first kappa shape index (κ1) is 17.2. The molecule has 1 N–H and O–H groups in total. The molecule has 3 aromatic rings. The number of tetrazole rings is 1. The van der Waals surface area contributed by atoms with Crippen LogP contribution >= 0.6 is 0 Å². The van der Waals surface area contributed by atoms with Crippen molar-refractivity contribution in [2.75, 3.05) is 26.1 Å². The number of ether oxygens (including phenoxy) is 3. The maximum Gasteiger partial charge on any atom is 0.262 e. The minimum atomic E-state index is -0.301. The summed E-state index contributed by atoms with van der Waals surface area (Å²) < 4.78 is 17.4. The van der Waals surface area contributed by atoms with E-state index >= 15 is 0 Å². The van der Waals surface area contributed by atoms with Crippen LogP contribution in [0.1, 0.15) is 0 Å². The molecule has 0 bridgehead atoms. The minimum Gasteiger partial charge on any atom is -0.493 e. The van der Waals surface area contributed by atoms with E-state index in [0.717, 1.165) is 5.69 Å². The number of carbonyl (C=O) groups is 1. The fourth-order valence-corrected chi connectivity index (χ4v) is 2.26. The highest BCUT2D eigenvalue weighted by Gasteiger charge is 2.09. The standard InChI is InChI=1S/C17H17N5O4/c1-24-15-7-6-12(8-16(15)25-2)19-17(23)10-26-14-5-3-4-13(9-14)22-11-18-20-21-22/h3-9,11H,10H2,1-2H3,(H,19,23). The summed E-state index contributed by atoms with van der Waals surface area (Å²) >= 11 is 0. The van der Waals surface area contributed by atoms with Gasteiger partial charge in [-0.15, -0.1) is 5.10 Å². The molecule has 2 aromatic carbocycles. The van der Waals surface area contributed by atoms with Crippen LogP contribution in [0.15, 0.2) is 48.8 Å². The van der Waals surface area contributed by atoms with Gasteiger partial charge in [0.05, 0.1) is 19.9 Å². The van der Waals surface area contributed by atoms with Crippen LogP contribution in [0.25, 0.3) is 5.69 Å². The number of hydrogen-bond acceptors (Lipinski definition) is 7. The molecule has 0 aliphatic rings. The maximum atomic E-state index is 12.1. The first-order chi connectivity index (χ1) is 12.7. The van der Waals surface area contributed by atoms with E-state index in [1.54, 1.807) is 43.5 Å². The zero-order chi connectivity index (χ0) is 18.4. The smallest absolute Gasteiger partial charge is 0.262 e. The molecule has 26 heavy (non-hydrogen) atoms. The maximum absolute atomic E-state index is 12.1. The zero-order valence-electron chi connectivity index (χ0n) is 14.2. The highest BCUT2D eigenvalue weighted by Crippen LogP contribution is 2.29. The molecule has 9 heteroatoms. The van der Waals surface area contributed by atoms with E-state index in [1.807, 2.05) is 6.07 Å². The van der Waals surface area contributed by atoms with Gasteiger partial charge in [-0.05, 0) is 34.7 Å². The number of nitrogens with zero attached hydrogens (tertiary/aromatic N) is 4. The van der Waals surface area contributed by atoms with Gasteiger partial charge in [0.2, 0.25) is 0 Å². The second kappa shape index (κ2) is 7.97. The molecule has 1 aromatic heterocycles. The Balaban J connectivity index is 1.60. The van der Waals surface area contributed by atoms with Gasteiger partial charge in [-0.3, -0.25) is 4.79 Å². The predicted molar refractivity (Wildman–Crippen MR) is 92.8 cm³/mol. The van der Waals surface area contributed by atoms with Crippen LogP contribution < -0.4 is 19.5 Å². The average Bonchev–Trinajstić information content (AvgIpc) is 3.21. The van der Waals surface area contributed by atoms with Gasteiger partial charge < -0.3 is 19.5 Å². The second-order valence-corrected chi connectivity index (χ2v) is 5.16. The number of carbonyl (C=O) groups excluding carboxylic acids is 1. The van der Waals surface area contributed by atoms with E-state index in [9.17, 15) is 4.79 Å². The normalized spacial score (nSPS) is 10.2. The molecule has 0 saturated carbocycles. The summed E-state index contributed by atoms with van der Waals surface area (Å²) in [4.78, 5) is 12.1. The van der Waals surface area contributed by atoms with Crippen LogP contribution in [0.2, 0.25) is 0 Å². The first-order valence-corrected chi connectivity index (χ1v) is 7.67. The van der Waals surface area contributed by atoms with Crippen molar-refractivity contribution in [3.63, 3.8) is 0 Å². The van der Waals surface area contributed by atoms with E-state index in [0.29, 0.717) is 22.9 Å². The molecular formula is C17H17N5O4. The van der Waals surface area contributed by atoms with Crippen molar-refractivity contribution in [1.82, 2.24) is 20.2 Å². The molecule has 0 fully saturated rings. The highest BCUT2D eigenvalue weighted by molar-refractivity contribution is 5.92. The summed E-state index contributed by atoms with van der Waals surface area (Å²) in [7, 11) is 3.08. The number of amides is 1. The molecular weight excluding hydrogens is 338 g/mol. The Morgan fingerprint density at radius 3 is 2.69 bits per heavy atom. The monoisotopic (exact) mass is 355 g/mol. The largest absolute Gasteiger partial charge is 0.493 e. The van der Waals surface area contributed by atoms with E-state index in [2.05, 4.69) is 20.8 Å². The Morgan fingerprint density at radius 2 is 1.96 bits per heavy atom. The Morgan fingerprint density at radius 1 is 1.12 bits per heavy atom. The van der Waals surface area contributed by atoms with Gasteiger partial charge in [0, 0.05) is 17.8 Å². The number of methoxy groups -OCH3 is 2. The van der Waals surface area contributed by atoms with Crippen molar-refractivity contribution >= 4 is 11.6 Å². The number of hydrogen-bond donors (Lipinski definition) is 1.